The van der Waals surface area contributed by atoms with Gasteiger partial charge in [-0.1, -0.05) is 53.5 Å². The van der Waals surface area contributed by atoms with Crippen LogP contribution in [0, 0.1) is 0 Å². The Kier molecular flexibility index (Phi) is 7.23. The molecule has 0 fully saturated rings. The van der Waals surface area contributed by atoms with Crippen molar-refractivity contribution in [2.24, 2.45) is 5.73 Å². The van der Waals surface area contributed by atoms with Crippen molar-refractivity contribution in [3.8, 4) is 11.6 Å². The Balaban J connectivity index is 1.31. The van der Waals surface area contributed by atoms with Gasteiger partial charge in [0, 0.05) is 42.2 Å². The molecule has 0 radical (unpaired) electrons. The van der Waals surface area contributed by atoms with Crippen molar-refractivity contribution in [1.29, 1.82) is 0 Å². The zero-order chi connectivity index (χ0) is 25.1. The molecule has 0 unspecified atom stereocenters. The fourth-order valence-corrected chi connectivity index (χ4v) is 4.96. The van der Waals surface area contributed by atoms with Gasteiger partial charge in [-0.05, 0) is 71.1 Å². The maximum absolute atomic E-state index is 12.0. The molecule has 1 aliphatic heterocycles. The van der Waals surface area contributed by atoms with E-state index in [9.17, 15) is 4.79 Å². The molecule has 5 nitrogen and oxygen atoms in total. The van der Waals surface area contributed by atoms with E-state index < -0.39 is 5.91 Å². The Bertz CT molecular complexity index is 1420. The third-order valence-electron chi connectivity index (χ3n) is 6.26. The zero-order valence-corrected chi connectivity index (χ0v) is 21.1. The Morgan fingerprint density at radius 1 is 0.917 bits per heavy atom. The van der Waals surface area contributed by atoms with Crippen LogP contribution in [-0.4, -0.2) is 22.3 Å². The Morgan fingerprint density at radius 2 is 1.67 bits per heavy atom. The van der Waals surface area contributed by atoms with Crippen LogP contribution < -0.4 is 10.5 Å². The summed E-state index contributed by atoms with van der Waals surface area (Å²) in [5.41, 5.74) is 11.2. The van der Waals surface area contributed by atoms with Crippen molar-refractivity contribution >= 4 is 29.1 Å². The average molecular weight is 518 g/mol. The van der Waals surface area contributed by atoms with E-state index in [-0.39, 0.29) is 0 Å². The first-order chi connectivity index (χ1) is 17.4. The van der Waals surface area contributed by atoms with Gasteiger partial charge in [0.2, 0.25) is 5.88 Å². The standard InChI is InChI=1S/C29H25Cl2N3O2/c30-23-5-1-3-19(13-23)15-27-26(29(32)35)9-10-28(33-27)36-25-8-7-22-18-34(12-11-21(22)16-25)17-20-4-2-6-24(31)14-20/h1-10,13-14,16H,11-12,15,17-18H2,(H2,32,35). The number of primary amides is 1. The predicted molar refractivity (Wildman–Crippen MR) is 143 cm³/mol. The maximum Gasteiger partial charge on any atom is 0.250 e. The number of nitrogens with zero attached hydrogens (tertiary/aromatic N) is 2. The van der Waals surface area contributed by atoms with Crippen LogP contribution in [0.5, 0.6) is 11.6 Å². The van der Waals surface area contributed by atoms with Crippen LogP contribution in [0.4, 0.5) is 0 Å². The van der Waals surface area contributed by atoms with Crippen molar-refractivity contribution < 1.29 is 9.53 Å². The van der Waals surface area contributed by atoms with Crippen LogP contribution in [0.25, 0.3) is 0 Å². The second-order valence-corrected chi connectivity index (χ2v) is 9.81. The number of nitrogens with two attached hydrogens (primary N) is 1. The SMILES string of the molecule is NC(=O)c1ccc(Oc2ccc3c(c2)CCN(Cc2cccc(Cl)c2)C3)nc1Cc1cccc(Cl)c1. The molecule has 0 saturated heterocycles. The molecule has 3 aromatic carbocycles. The molecule has 0 aliphatic carbocycles. The van der Waals surface area contributed by atoms with Gasteiger partial charge in [-0.2, -0.15) is 0 Å². The van der Waals surface area contributed by atoms with Crippen LogP contribution in [0.1, 0.15) is 38.3 Å². The minimum Gasteiger partial charge on any atom is -0.439 e. The minimum absolute atomic E-state index is 0.368. The molecule has 2 heterocycles. The summed E-state index contributed by atoms with van der Waals surface area (Å²) in [6, 6.07) is 25.0. The first kappa shape index (κ1) is 24.3. The summed E-state index contributed by atoms with van der Waals surface area (Å²) in [6.45, 7) is 2.69. The van der Waals surface area contributed by atoms with Crippen molar-refractivity contribution in [3.63, 3.8) is 0 Å². The average Bonchev–Trinajstić information content (AvgIpc) is 2.84. The molecule has 7 heteroatoms. The van der Waals surface area contributed by atoms with Crippen molar-refractivity contribution in [1.82, 2.24) is 9.88 Å². The third kappa shape index (κ3) is 5.88. The van der Waals surface area contributed by atoms with Crippen molar-refractivity contribution in [3.05, 3.63) is 122 Å². The van der Waals surface area contributed by atoms with Gasteiger partial charge in [0.25, 0.3) is 5.91 Å². The minimum atomic E-state index is -0.526. The number of ether oxygens (including phenoxy) is 1. The molecule has 1 aromatic heterocycles. The summed E-state index contributed by atoms with van der Waals surface area (Å²) in [4.78, 5) is 19.0. The number of fused-ring (bicyclic) bond motifs is 1. The van der Waals surface area contributed by atoms with E-state index in [4.69, 9.17) is 33.7 Å². The third-order valence-corrected chi connectivity index (χ3v) is 6.73. The topological polar surface area (TPSA) is 68.5 Å². The summed E-state index contributed by atoms with van der Waals surface area (Å²) in [5.74, 6) is 0.600. The molecular formula is C29H25Cl2N3O2. The molecule has 1 amide bonds. The predicted octanol–water partition coefficient (Wildman–Crippen LogP) is 6.43. The van der Waals surface area contributed by atoms with Crippen LogP contribution in [-0.2, 0) is 25.9 Å². The highest BCUT2D eigenvalue weighted by Gasteiger charge is 2.18. The van der Waals surface area contributed by atoms with Crippen LogP contribution in [0.15, 0.2) is 78.9 Å². The molecule has 36 heavy (non-hydrogen) atoms. The largest absolute Gasteiger partial charge is 0.439 e. The highest BCUT2D eigenvalue weighted by Crippen LogP contribution is 2.28. The van der Waals surface area contributed by atoms with Gasteiger partial charge < -0.3 is 10.5 Å². The molecule has 0 spiro atoms. The molecule has 1 aliphatic rings. The van der Waals surface area contributed by atoms with Crippen molar-refractivity contribution in [2.45, 2.75) is 25.9 Å². The van der Waals surface area contributed by atoms with Gasteiger partial charge in [-0.15, -0.1) is 0 Å². The van der Waals surface area contributed by atoms with Crippen LogP contribution >= 0.6 is 23.2 Å². The molecule has 182 valence electrons. The lowest BCUT2D eigenvalue weighted by atomic mass is 9.99. The first-order valence-electron chi connectivity index (χ1n) is 11.7. The highest BCUT2D eigenvalue weighted by molar-refractivity contribution is 6.30. The van der Waals surface area contributed by atoms with E-state index in [1.54, 1.807) is 18.2 Å². The lowest BCUT2D eigenvalue weighted by Crippen LogP contribution is -2.30. The number of halogens is 2. The number of amides is 1. The van der Waals surface area contributed by atoms with E-state index in [2.05, 4.69) is 28.1 Å². The fourth-order valence-electron chi connectivity index (χ4n) is 4.54. The fraction of sp³-hybridized carbons (Fsp3) is 0.172. The molecule has 0 saturated carbocycles. The van der Waals surface area contributed by atoms with Gasteiger partial charge in [-0.25, -0.2) is 4.98 Å². The van der Waals surface area contributed by atoms with Gasteiger partial charge in [-0.3, -0.25) is 9.69 Å². The number of aromatic nitrogens is 1. The van der Waals surface area contributed by atoms with Crippen LogP contribution in [0.3, 0.4) is 0 Å². The second kappa shape index (κ2) is 10.7. The first-order valence-corrected chi connectivity index (χ1v) is 12.5. The van der Waals surface area contributed by atoms with E-state index in [1.165, 1.54) is 16.7 Å². The van der Waals surface area contributed by atoms with Gasteiger partial charge in [0.05, 0.1) is 11.3 Å². The normalized spacial score (nSPS) is 13.3. The zero-order valence-electron chi connectivity index (χ0n) is 19.6. The van der Waals surface area contributed by atoms with E-state index in [0.717, 1.165) is 36.6 Å². The van der Waals surface area contributed by atoms with E-state index in [1.807, 2.05) is 42.5 Å². The Morgan fingerprint density at radius 3 is 2.42 bits per heavy atom. The molecule has 0 atom stereocenters. The summed E-state index contributed by atoms with van der Waals surface area (Å²) in [6.07, 6.45) is 1.35. The Labute approximate surface area is 220 Å². The number of hydrogen-bond acceptors (Lipinski definition) is 4. The maximum atomic E-state index is 12.0. The summed E-state index contributed by atoms with van der Waals surface area (Å²) in [7, 11) is 0. The number of carbonyl (C=O) groups excluding carboxylic acids is 1. The molecule has 5 rings (SSSR count). The monoisotopic (exact) mass is 517 g/mol. The smallest absolute Gasteiger partial charge is 0.250 e. The highest BCUT2D eigenvalue weighted by atomic mass is 35.5. The van der Waals surface area contributed by atoms with Gasteiger partial charge in [0.1, 0.15) is 5.75 Å². The number of pyridine rings is 1. The lowest BCUT2D eigenvalue weighted by Gasteiger charge is -2.29. The molecular weight excluding hydrogens is 493 g/mol. The molecule has 4 aromatic rings. The second-order valence-electron chi connectivity index (χ2n) is 8.94. The quantitative estimate of drug-likeness (QED) is 0.306. The number of benzene rings is 3. The molecule has 0 bridgehead atoms. The summed E-state index contributed by atoms with van der Waals surface area (Å²) in [5, 5.41) is 1.39. The van der Waals surface area contributed by atoms with Gasteiger partial charge >= 0.3 is 0 Å². The molecule has 2 N–H and O–H groups in total. The van der Waals surface area contributed by atoms with Crippen molar-refractivity contribution in [2.75, 3.05) is 6.54 Å². The summed E-state index contributed by atoms with van der Waals surface area (Å²) < 4.78 is 6.10. The lowest BCUT2D eigenvalue weighted by molar-refractivity contribution is 0.0999. The van der Waals surface area contributed by atoms with E-state index >= 15 is 0 Å². The summed E-state index contributed by atoms with van der Waals surface area (Å²) >= 11 is 12.3. The Hall–Kier alpha value is -3.38. The number of rotatable bonds is 7. The number of hydrogen-bond donors (Lipinski definition) is 1. The van der Waals surface area contributed by atoms with Gasteiger partial charge in [0.15, 0.2) is 0 Å². The van der Waals surface area contributed by atoms with Crippen LogP contribution in [0.2, 0.25) is 10.0 Å². The van der Waals surface area contributed by atoms with E-state index in [0.29, 0.717) is 34.3 Å². The number of carbonyl (C=O) groups is 1.